The van der Waals surface area contributed by atoms with E-state index in [1.165, 1.54) is 25.9 Å². The van der Waals surface area contributed by atoms with Crippen LogP contribution in [0.15, 0.2) is 0 Å². The zero-order chi connectivity index (χ0) is 11.5. The van der Waals surface area contributed by atoms with Gasteiger partial charge in [0.05, 0.1) is 0 Å². The Bertz CT molecular complexity index is 241. The first-order valence-corrected chi connectivity index (χ1v) is 6.92. The zero-order valence-electron chi connectivity index (χ0n) is 10.7. The molecule has 92 valence electrons. The molecule has 2 rings (SSSR count). The van der Waals surface area contributed by atoms with Gasteiger partial charge in [0, 0.05) is 18.9 Å². The molecule has 0 amide bonds. The van der Waals surface area contributed by atoms with Gasteiger partial charge in [0.2, 0.25) is 0 Å². The average molecular weight is 223 g/mol. The van der Waals surface area contributed by atoms with E-state index in [-0.39, 0.29) is 0 Å². The number of hydrogen-bond acceptors (Lipinski definition) is 2. The van der Waals surface area contributed by atoms with E-state index in [9.17, 15) is 4.79 Å². The van der Waals surface area contributed by atoms with Crippen LogP contribution in [0.25, 0.3) is 0 Å². The molecule has 2 aliphatic rings. The molecule has 1 saturated carbocycles. The van der Waals surface area contributed by atoms with Crippen molar-refractivity contribution in [3.63, 3.8) is 0 Å². The molecule has 0 aromatic rings. The number of Topliss-reactive ketones (excluding diaryl/α,β-unsaturated/α-hetero) is 1. The molecule has 2 nitrogen and oxygen atoms in total. The lowest BCUT2D eigenvalue weighted by molar-refractivity contribution is -0.126. The summed E-state index contributed by atoms with van der Waals surface area (Å²) in [5.41, 5.74) is 0. The van der Waals surface area contributed by atoms with Crippen molar-refractivity contribution in [2.75, 3.05) is 19.6 Å². The smallest absolute Gasteiger partial charge is 0.137 e. The average Bonchev–Trinajstić information content (AvgIpc) is 2.73. The summed E-state index contributed by atoms with van der Waals surface area (Å²) in [4.78, 5) is 14.4. The molecular weight excluding hydrogens is 198 g/mol. The van der Waals surface area contributed by atoms with Gasteiger partial charge in [-0.15, -0.1) is 0 Å². The van der Waals surface area contributed by atoms with Crippen LogP contribution in [0.1, 0.15) is 46.0 Å². The van der Waals surface area contributed by atoms with Gasteiger partial charge in [0.1, 0.15) is 5.78 Å². The van der Waals surface area contributed by atoms with Gasteiger partial charge in [-0.05, 0) is 50.6 Å². The van der Waals surface area contributed by atoms with Crippen LogP contribution >= 0.6 is 0 Å². The Labute approximate surface area is 99.4 Å². The van der Waals surface area contributed by atoms with E-state index in [1.54, 1.807) is 0 Å². The maximum atomic E-state index is 11.9. The van der Waals surface area contributed by atoms with Crippen LogP contribution in [0, 0.1) is 17.8 Å². The summed E-state index contributed by atoms with van der Waals surface area (Å²) in [6.45, 7) is 8.08. The Balaban J connectivity index is 1.87. The summed E-state index contributed by atoms with van der Waals surface area (Å²) in [5.74, 6) is 2.41. The van der Waals surface area contributed by atoms with Crippen molar-refractivity contribution in [3.05, 3.63) is 0 Å². The van der Waals surface area contributed by atoms with Crippen LogP contribution in [0.3, 0.4) is 0 Å². The van der Waals surface area contributed by atoms with Crippen molar-refractivity contribution in [2.24, 2.45) is 17.8 Å². The lowest BCUT2D eigenvalue weighted by Gasteiger charge is -2.32. The lowest BCUT2D eigenvalue weighted by Crippen LogP contribution is -2.36. The van der Waals surface area contributed by atoms with Gasteiger partial charge in [-0.3, -0.25) is 4.79 Å². The monoisotopic (exact) mass is 223 g/mol. The summed E-state index contributed by atoms with van der Waals surface area (Å²) in [6.07, 6.45) is 5.77. The highest BCUT2D eigenvalue weighted by atomic mass is 16.1. The van der Waals surface area contributed by atoms with Gasteiger partial charge in [-0.25, -0.2) is 0 Å². The maximum Gasteiger partial charge on any atom is 0.137 e. The molecule has 2 heteroatoms. The fraction of sp³-hybridized carbons (Fsp3) is 0.929. The Morgan fingerprint density at radius 1 is 1.31 bits per heavy atom. The molecule has 2 unspecified atom stereocenters. The second-order valence-electron chi connectivity index (χ2n) is 5.95. The van der Waals surface area contributed by atoms with Gasteiger partial charge in [0.15, 0.2) is 0 Å². The van der Waals surface area contributed by atoms with Crippen LogP contribution in [0.2, 0.25) is 0 Å². The predicted molar refractivity (Wildman–Crippen MR) is 66.4 cm³/mol. The molecule has 1 aliphatic heterocycles. The minimum Gasteiger partial charge on any atom is -0.303 e. The number of rotatable bonds is 3. The van der Waals surface area contributed by atoms with E-state index in [4.69, 9.17) is 0 Å². The van der Waals surface area contributed by atoms with Crippen LogP contribution in [-0.2, 0) is 4.79 Å². The molecule has 0 aromatic carbocycles. The number of carbonyl (C=O) groups excluding carboxylic acids is 1. The lowest BCUT2D eigenvalue weighted by atomic mass is 9.75. The molecule has 1 aliphatic carbocycles. The van der Waals surface area contributed by atoms with E-state index < -0.39 is 0 Å². The molecule has 16 heavy (non-hydrogen) atoms. The highest BCUT2D eigenvalue weighted by molar-refractivity contribution is 5.82. The second-order valence-corrected chi connectivity index (χ2v) is 5.95. The second kappa shape index (κ2) is 5.31. The number of hydrogen-bond donors (Lipinski definition) is 0. The topological polar surface area (TPSA) is 20.3 Å². The quantitative estimate of drug-likeness (QED) is 0.733. The first-order valence-electron chi connectivity index (χ1n) is 6.92. The first kappa shape index (κ1) is 12.1. The molecule has 0 bridgehead atoms. The number of carbonyl (C=O) groups is 1. The highest BCUT2D eigenvalue weighted by Crippen LogP contribution is 2.32. The van der Waals surface area contributed by atoms with E-state index in [2.05, 4.69) is 18.7 Å². The predicted octanol–water partition coefficient (Wildman–Crippen LogP) is 2.72. The van der Waals surface area contributed by atoms with E-state index in [0.29, 0.717) is 11.7 Å². The number of nitrogens with zero attached hydrogens (tertiary/aromatic N) is 1. The summed E-state index contributed by atoms with van der Waals surface area (Å²) >= 11 is 0. The van der Waals surface area contributed by atoms with Crippen molar-refractivity contribution in [2.45, 2.75) is 46.0 Å². The largest absolute Gasteiger partial charge is 0.303 e. The van der Waals surface area contributed by atoms with Crippen LogP contribution in [0.4, 0.5) is 0 Å². The summed E-state index contributed by atoms with van der Waals surface area (Å²) < 4.78 is 0. The van der Waals surface area contributed by atoms with Gasteiger partial charge >= 0.3 is 0 Å². The summed E-state index contributed by atoms with van der Waals surface area (Å²) in [7, 11) is 0. The third-order valence-electron chi connectivity index (χ3n) is 4.42. The van der Waals surface area contributed by atoms with Gasteiger partial charge in [0.25, 0.3) is 0 Å². The third kappa shape index (κ3) is 2.85. The van der Waals surface area contributed by atoms with Crippen molar-refractivity contribution < 1.29 is 4.79 Å². The van der Waals surface area contributed by atoms with Gasteiger partial charge in [-0.1, -0.05) is 13.8 Å². The van der Waals surface area contributed by atoms with Crippen molar-refractivity contribution in [1.29, 1.82) is 0 Å². The SMILES string of the molecule is CC(C)C1CCC(=O)C(CN2CCCC2)C1. The van der Waals surface area contributed by atoms with Gasteiger partial charge < -0.3 is 4.90 Å². The molecule has 2 fully saturated rings. The maximum absolute atomic E-state index is 11.9. The van der Waals surface area contributed by atoms with Crippen molar-refractivity contribution >= 4 is 5.78 Å². The van der Waals surface area contributed by atoms with E-state index >= 15 is 0 Å². The Hall–Kier alpha value is -0.370. The van der Waals surface area contributed by atoms with E-state index in [1.807, 2.05) is 0 Å². The number of likely N-dealkylation sites (tertiary alicyclic amines) is 1. The minimum atomic E-state index is 0.347. The van der Waals surface area contributed by atoms with Crippen LogP contribution in [0.5, 0.6) is 0 Å². The first-order chi connectivity index (χ1) is 7.66. The molecule has 0 aromatic heterocycles. The highest BCUT2D eigenvalue weighted by Gasteiger charge is 2.31. The van der Waals surface area contributed by atoms with Gasteiger partial charge in [-0.2, -0.15) is 0 Å². The number of ketones is 1. The molecular formula is C14H25NO. The Morgan fingerprint density at radius 2 is 2.00 bits per heavy atom. The summed E-state index contributed by atoms with van der Waals surface area (Å²) in [6, 6.07) is 0. The molecule has 1 heterocycles. The summed E-state index contributed by atoms with van der Waals surface area (Å²) in [5, 5.41) is 0. The molecule has 0 spiro atoms. The minimum absolute atomic E-state index is 0.347. The molecule has 1 saturated heterocycles. The fourth-order valence-electron chi connectivity index (χ4n) is 3.21. The van der Waals surface area contributed by atoms with Crippen LogP contribution < -0.4 is 0 Å². The Kier molecular flexibility index (Phi) is 4.01. The fourth-order valence-corrected chi connectivity index (χ4v) is 3.21. The zero-order valence-corrected chi connectivity index (χ0v) is 10.7. The molecule has 2 atom stereocenters. The normalized spacial score (nSPS) is 32.6. The van der Waals surface area contributed by atoms with E-state index in [0.717, 1.165) is 37.6 Å². The van der Waals surface area contributed by atoms with Crippen molar-refractivity contribution in [1.82, 2.24) is 4.90 Å². The van der Waals surface area contributed by atoms with Crippen LogP contribution in [-0.4, -0.2) is 30.3 Å². The third-order valence-corrected chi connectivity index (χ3v) is 4.42. The molecule has 0 N–H and O–H groups in total. The Morgan fingerprint density at radius 3 is 2.62 bits per heavy atom. The van der Waals surface area contributed by atoms with Crippen molar-refractivity contribution in [3.8, 4) is 0 Å². The molecule has 0 radical (unpaired) electrons. The standard InChI is InChI=1S/C14H25NO/c1-11(2)12-5-6-14(16)13(9-12)10-15-7-3-4-8-15/h11-13H,3-10H2,1-2H3.